The molecule has 0 amide bonds. The van der Waals surface area contributed by atoms with Crippen LogP contribution >= 0.6 is 15.9 Å². The van der Waals surface area contributed by atoms with E-state index in [-0.39, 0.29) is 18.3 Å². The summed E-state index contributed by atoms with van der Waals surface area (Å²) in [5.74, 6) is 0. The van der Waals surface area contributed by atoms with Gasteiger partial charge in [0, 0.05) is 10.8 Å². The topological polar surface area (TPSA) is 18.5 Å². The first-order valence-electron chi connectivity index (χ1n) is 5.90. The summed E-state index contributed by atoms with van der Waals surface area (Å²) >= 11 is 3.43. The Hall–Kier alpha value is -0.315. The van der Waals surface area contributed by atoms with Crippen LogP contribution in [0.1, 0.15) is 33.3 Å². The van der Waals surface area contributed by atoms with Gasteiger partial charge in [-0.25, -0.2) is 0 Å². The molecule has 1 aliphatic heterocycles. The third-order valence-corrected chi connectivity index (χ3v) is 4.15. The maximum atomic E-state index is 5.96. The van der Waals surface area contributed by atoms with Crippen LogP contribution in [0.2, 0.25) is 0 Å². The monoisotopic (exact) mass is 296 g/mol. The van der Waals surface area contributed by atoms with Crippen molar-refractivity contribution in [1.29, 1.82) is 0 Å². The predicted molar refractivity (Wildman–Crippen MR) is 73.9 cm³/mol. The van der Waals surface area contributed by atoms with Crippen molar-refractivity contribution in [2.75, 3.05) is 0 Å². The lowest BCUT2D eigenvalue weighted by atomic mass is 9.81. The van der Waals surface area contributed by atoms with Crippen LogP contribution in [-0.4, -0.2) is 18.3 Å². The van der Waals surface area contributed by atoms with Crippen molar-refractivity contribution in [2.24, 2.45) is 0 Å². The summed E-state index contributed by atoms with van der Waals surface area (Å²) in [5, 5.41) is 0. The second-order valence-electron chi connectivity index (χ2n) is 5.52. The molecule has 0 unspecified atom stereocenters. The van der Waals surface area contributed by atoms with Crippen LogP contribution in [0.15, 0.2) is 28.7 Å². The van der Waals surface area contributed by atoms with Crippen molar-refractivity contribution in [2.45, 2.75) is 45.2 Å². The first-order valence-corrected chi connectivity index (χ1v) is 6.69. The van der Waals surface area contributed by atoms with Crippen molar-refractivity contribution in [1.82, 2.24) is 0 Å². The summed E-state index contributed by atoms with van der Waals surface area (Å²) < 4.78 is 13.0. The molecule has 1 fully saturated rings. The Kier molecular flexibility index (Phi) is 3.41. The van der Waals surface area contributed by atoms with E-state index in [1.165, 1.54) is 5.56 Å². The van der Waals surface area contributed by atoms with Crippen molar-refractivity contribution in [3.63, 3.8) is 0 Å². The van der Waals surface area contributed by atoms with E-state index in [0.717, 1.165) is 10.8 Å². The molecule has 0 atom stereocenters. The molecule has 0 spiro atoms. The average Bonchev–Trinajstić information content (AvgIpc) is 2.39. The summed E-state index contributed by atoms with van der Waals surface area (Å²) in [6.45, 7) is 8.31. The van der Waals surface area contributed by atoms with Crippen LogP contribution in [0, 0.1) is 0 Å². The fourth-order valence-electron chi connectivity index (χ4n) is 1.86. The summed E-state index contributed by atoms with van der Waals surface area (Å²) in [6.07, 6.45) is 0.792. The third-order valence-electron chi connectivity index (χ3n) is 3.62. The molecule has 92 valence electrons. The van der Waals surface area contributed by atoms with Gasteiger partial charge in [0.15, 0.2) is 0 Å². The van der Waals surface area contributed by atoms with Gasteiger partial charge in [-0.05, 0) is 45.4 Å². The summed E-state index contributed by atoms with van der Waals surface area (Å²) in [5.41, 5.74) is 0.742. The highest BCUT2D eigenvalue weighted by Crippen LogP contribution is 2.37. The molecule has 2 nitrogen and oxygen atoms in total. The molecule has 1 aliphatic rings. The van der Waals surface area contributed by atoms with E-state index in [1.807, 2.05) is 12.1 Å². The van der Waals surface area contributed by atoms with Gasteiger partial charge < -0.3 is 9.31 Å². The number of rotatable bonds is 2. The van der Waals surface area contributed by atoms with Crippen molar-refractivity contribution in [3.05, 3.63) is 34.3 Å². The number of hydrogen-bond donors (Lipinski definition) is 0. The van der Waals surface area contributed by atoms with Gasteiger partial charge in [0.2, 0.25) is 0 Å². The highest BCUT2D eigenvalue weighted by atomic mass is 79.9. The quantitative estimate of drug-likeness (QED) is 0.776. The molecule has 0 aromatic heterocycles. The Labute approximate surface area is 112 Å². The number of halogens is 1. The predicted octanol–water partition coefficient (Wildman–Crippen LogP) is 3.62. The van der Waals surface area contributed by atoms with E-state index in [1.54, 1.807) is 0 Å². The van der Waals surface area contributed by atoms with Gasteiger partial charge >= 0.3 is 7.12 Å². The lowest BCUT2D eigenvalue weighted by Crippen LogP contribution is -2.41. The molecule has 0 bridgehead atoms. The molecule has 1 aromatic carbocycles. The minimum absolute atomic E-state index is 0.152. The minimum Gasteiger partial charge on any atom is -0.403 e. The minimum atomic E-state index is -0.243. The Bertz CT molecular complexity index is 384. The highest BCUT2D eigenvalue weighted by Gasteiger charge is 2.50. The average molecular weight is 297 g/mol. The second kappa shape index (κ2) is 4.41. The van der Waals surface area contributed by atoms with Crippen LogP contribution in [0.4, 0.5) is 0 Å². The Morgan fingerprint density at radius 3 is 1.94 bits per heavy atom. The third kappa shape index (κ3) is 2.75. The molecule has 0 radical (unpaired) electrons. The van der Waals surface area contributed by atoms with Gasteiger partial charge in [-0.1, -0.05) is 28.1 Å². The van der Waals surface area contributed by atoms with Gasteiger partial charge in [0.05, 0.1) is 11.2 Å². The largest absolute Gasteiger partial charge is 0.462 e. The zero-order valence-corrected chi connectivity index (χ0v) is 12.4. The van der Waals surface area contributed by atoms with E-state index in [4.69, 9.17) is 9.31 Å². The van der Waals surface area contributed by atoms with Crippen molar-refractivity contribution >= 4 is 23.0 Å². The lowest BCUT2D eigenvalue weighted by molar-refractivity contribution is 0.00578. The molecule has 1 heterocycles. The molecule has 1 saturated heterocycles. The molecule has 0 N–H and O–H groups in total. The second-order valence-corrected chi connectivity index (χ2v) is 6.43. The van der Waals surface area contributed by atoms with Gasteiger partial charge in [-0.15, -0.1) is 0 Å². The SMILES string of the molecule is CC1(C)OB(Cc2ccc(Br)cc2)OC1(C)C. The van der Waals surface area contributed by atoms with Gasteiger partial charge in [0.25, 0.3) is 0 Å². The summed E-state index contributed by atoms with van der Waals surface area (Å²) in [6, 6.07) is 8.27. The van der Waals surface area contributed by atoms with Crippen LogP contribution in [0.25, 0.3) is 0 Å². The molecule has 4 heteroatoms. The van der Waals surface area contributed by atoms with Crippen molar-refractivity contribution in [3.8, 4) is 0 Å². The van der Waals surface area contributed by atoms with Gasteiger partial charge in [0.1, 0.15) is 0 Å². The smallest absolute Gasteiger partial charge is 0.403 e. The number of hydrogen-bond acceptors (Lipinski definition) is 2. The van der Waals surface area contributed by atoms with Crippen LogP contribution in [0.5, 0.6) is 0 Å². The molecular formula is C13H18BBrO2. The van der Waals surface area contributed by atoms with Gasteiger partial charge in [-0.2, -0.15) is 0 Å². The Balaban J connectivity index is 2.05. The lowest BCUT2D eigenvalue weighted by Gasteiger charge is -2.32. The highest BCUT2D eigenvalue weighted by molar-refractivity contribution is 9.10. The fraction of sp³-hybridized carbons (Fsp3) is 0.538. The van der Waals surface area contributed by atoms with E-state index in [9.17, 15) is 0 Å². The Morgan fingerprint density at radius 1 is 1.00 bits per heavy atom. The normalized spacial score (nSPS) is 21.8. The van der Waals surface area contributed by atoms with E-state index in [0.29, 0.717) is 0 Å². The standard InChI is InChI=1S/C13H18BBrO2/c1-12(2)13(3,4)17-14(16-12)9-10-5-7-11(15)8-6-10/h5-8H,9H2,1-4H3. The molecule has 17 heavy (non-hydrogen) atoms. The van der Waals surface area contributed by atoms with Crippen LogP contribution in [-0.2, 0) is 15.6 Å². The Morgan fingerprint density at radius 2 is 1.47 bits per heavy atom. The van der Waals surface area contributed by atoms with E-state index >= 15 is 0 Å². The molecule has 2 rings (SSSR count). The van der Waals surface area contributed by atoms with Crippen LogP contribution < -0.4 is 0 Å². The fourth-order valence-corrected chi connectivity index (χ4v) is 2.13. The van der Waals surface area contributed by atoms with E-state index < -0.39 is 0 Å². The van der Waals surface area contributed by atoms with Crippen LogP contribution in [0.3, 0.4) is 0 Å². The molecule has 0 aliphatic carbocycles. The molecule has 1 aromatic rings. The summed E-state index contributed by atoms with van der Waals surface area (Å²) in [4.78, 5) is 0. The number of benzene rings is 1. The first-order chi connectivity index (χ1) is 7.80. The zero-order valence-electron chi connectivity index (χ0n) is 10.8. The van der Waals surface area contributed by atoms with E-state index in [2.05, 4.69) is 55.8 Å². The maximum Gasteiger partial charge on any atom is 0.462 e. The first kappa shape index (κ1) is 13.1. The van der Waals surface area contributed by atoms with Gasteiger partial charge in [-0.3, -0.25) is 0 Å². The maximum absolute atomic E-state index is 5.96. The van der Waals surface area contributed by atoms with Crippen molar-refractivity contribution < 1.29 is 9.31 Å². The molecule has 0 saturated carbocycles. The molecular weight excluding hydrogens is 279 g/mol. The zero-order chi connectivity index (χ0) is 12.7. The summed E-state index contributed by atoms with van der Waals surface area (Å²) in [7, 11) is -0.152.